The van der Waals surface area contributed by atoms with E-state index in [1.807, 2.05) is 24.3 Å². The Morgan fingerprint density at radius 1 is 0.875 bits per heavy atom. The van der Waals surface area contributed by atoms with Gasteiger partial charge in [0.2, 0.25) is 0 Å². The molecule has 0 aliphatic carbocycles. The monoisotopic (exact) mass is 327 g/mol. The predicted molar refractivity (Wildman–Crippen MR) is 98.9 cm³/mol. The van der Waals surface area contributed by atoms with Gasteiger partial charge in [-0.25, -0.2) is 4.79 Å². The lowest BCUT2D eigenvalue weighted by molar-refractivity contribution is 0.0497. The summed E-state index contributed by atoms with van der Waals surface area (Å²) in [6, 6.07) is 11.8. The fourth-order valence-electron chi connectivity index (χ4n) is 2.95. The maximum atomic E-state index is 12.1. The zero-order valence-electron chi connectivity index (χ0n) is 15.2. The molecule has 0 aliphatic heterocycles. The molecule has 0 unspecified atom stereocenters. The molecule has 3 heteroatoms. The van der Waals surface area contributed by atoms with Crippen molar-refractivity contribution in [2.45, 2.75) is 59.3 Å². The lowest BCUT2D eigenvalue weighted by Gasteiger charge is -2.10. The van der Waals surface area contributed by atoms with Crippen LogP contribution in [0, 0.1) is 13.8 Å². The average Bonchev–Trinajstić information content (AvgIpc) is 2.92. The Hall–Kier alpha value is -2.03. The first-order valence-corrected chi connectivity index (χ1v) is 9.06. The first kappa shape index (κ1) is 18.3. The predicted octanol–water partition coefficient (Wildman–Crippen LogP) is 5.61. The number of hydrogen-bond donors (Lipinski definition) is 0. The lowest BCUT2D eigenvalue weighted by Crippen LogP contribution is -2.07. The highest BCUT2D eigenvalue weighted by Crippen LogP contribution is 2.17. The third-order valence-electron chi connectivity index (χ3n) is 4.36. The summed E-state index contributed by atoms with van der Waals surface area (Å²) >= 11 is 0. The molecule has 0 aliphatic rings. The van der Waals surface area contributed by atoms with Crippen LogP contribution in [0.5, 0.6) is 0 Å². The van der Waals surface area contributed by atoms with Crippen molar-refractivity contribution in [3.8, 4) is 5.69 Å². The van der Waals surface area contributed by atoms with Crippen LogP contribution in [-0.4, -0.2) is 17.1 Å². The van der Waals surface area contributed by atoms with E-state index >= 15 is 0 Å². The molecule has 0 saturated heterocycles. The van der Waals surface area contributed by atoms with E-state index in [1.54, 1.807) is 0 Å². The van der Waals surface area contributed by atoms with Gasteiger partial charge in [0, 0.05) is 17.1 Å². The quantitative estimate of drug-likeness (QED) is 0.442. The van der Waals surface area contributed by atoms with Gasteiger partial charge < -0.3 is 9.30 Å². The van der Waals surface area contributed by atoms with Crippen LogP contribution in [0.25, 0.3) is 5.69 Å². The van der Waals surface area contributed by atoms with E-state index < -0.39 is 0 Å². The number of esters is 1. The zero-order valence-corrected chi connectivity index (χ0v) is 15.2. The maximum absolute atomic E-state index is 12.1. The van der Waals surface area contributed by atoms with E-state index in [0.29, 0.717) is 12.2 Å². The van der Waals surface area contributed by atoms with Gasteiger partial charge in [-0.15, -0.1) is 0 Å². The van der Waals surface area contributed by atoms with E-state index in [1.165, 1.54) is 37.1 Å². The highest BCUT2D eigenvalue weighted by Gasteiger charge is 2.08. The number of hydrogen-bond acceptors (Lipinski definition) is 2. The molecule has 24 heavy (non-hydrogen) atoms. The Balaban J connectivity index is 1.81. The van der Waals surface area contributed by atoms with Crippen LogP contribution in [0.2, 0.25) is 0 Å². The topological polar surface area (TPSA) is 31.2 Å². The fourth-order valence-corrected chi connectivity index (χ4v) is 2.95. The fraction of sp³-hybridized carbons (Fsp3) is 0.476. The number of carbonyl (C=O) groups is 1. The smallest absolute Gasteiger partial charge is 0.338 e. The van der Waals surface area contributed by atoms with Gasteiger partial charge in [0.25, 0.3) is 0 Å². The molecule has 1 aromatic heterocycles. The lowest BCUT2D eigenvalue weighted by atomic mass is 10.1. The zero-order chi connectivity index (χ0) is 17.4. The van der Waals surface area contributed by atoms with E-state index in [2.05, 4.69) is 37.5 Å². The molecule has 0 radical (unpaired) electrons. The molecule has 2 aromatic rings. The Kier molecular flexibility index (Phi) is 7.10. The largest absolute Gasteiger partial charge is 0.462 e. The van der Waals surface area contributed by atoms with E-state index in [9.17, 15) is 4.79 Å². The van der Waals surface area contributed by atoms with Crippen LogP contribution in [-0.2, 0) is 4.74 Å². The summed E-state index contributed by atoms with van der Waals surface area (Å²) in [6.45, 7) is 6.89. The van der Waals surface area contributed by atoms with Crippen molar-refractivity contribution >= 4 is 5.97 Å². The van der Waals surface area contributed by atoms with E-state index in [-0.39, 0.29) is 5.97 Å². The number of aryl methyl sites for hydroxylation is 2. The number of nitrogens with zero attached hydrogens (tertiary/aromatic N) is 1. The molecule has 0 amide bonds. The molecule has 1 heterocycles. The summed E-state index contributed by atoms with van der Waals surface area (Å²) in [5.74, 6) is -0.226. The minimum Gasteiger partial charge on any atom is -0.462 e. The van der Waals surface area contributed by atoms with Gasteiger partial charge in [-0.1, -0.05) is 39.0 Å². The summed E-state index contributed by atoms with van der Waals surface area (Å²) < 4.78 is 7.54. The van der Waals surface area contributed by atoms with Crippen molar-refractivity contribution in [1.82, 2.24) is 4.57 Å². The van der Waals surface area contributed by atoms with Gasteiger partial charge in [0.1, 0.15) is 0 Å². The Morgan fingerprint density at radius 2 is 1.46 bits per heavy atom. The summed E-state index contributed by atoms with van der Waals surface area (Å²) in [7, 11) is 0. The van der Waals surface area contributed by atoms with Crippen molar-refractivity contribution in [2.75, 3.05) is 6.61 Å². The molecule has 2 rings (SSSR count). The number of rotatable bonds is 9. The van der Waals surface area contributed by atoms with Crippen LogP contribution < -0.4 is 0 Å². The molecule has 0 fully saturated rings. The van der Waals surface area contributed by atoms with Crippen LogP contribution in [0.15, 0.2) is 36.4 Å². The van der Waals surface area contributed by atoms with Crippen molar-refractivity contribution in [3.05, 3.63) is 53.3 Å². The third kappa shape index (κ3) is 4.98. The van der Waals surface area contributed by atoms with Crippen LogP contribution in [0.4, 0.5) is 0 Å². The first-order chi connectivity index (χ1) is 11.6. The van der Waals surface area contributed by atoms with Crippen molar-refractivity contribution < 1.29 is 9.53 Å². The minimum atomic E-state index is -0.226. The van der Waals surface area contributed by atoms with Crippen LogP contribution in [0.3, 0.4) is 0 Å². The van der Waals surface area contributed by atoms with Gasteiger partial charge in [-0.05, 0) is 56.7 Å². The second kappa shape index (κ2) is 9.31. The molecule has 3 nitrogen and oxygen atoms in total. The van der Waals surface area contributed by atoms with Gasteiger partial charge in [0.15, 0.2) is 0 Å². The summed E-state index contributed by atoms with van der Waals surface area (Å²) in [4.78, 5) is 12.1. The Bertz CT molecular complexity index is 621. The normalized spacial score (nSPS) is 10.8. The van der Waals surface area contributed by atoms with Crippen LogP contribution in [0.1, 0.15) is 67.2 Å². The minimum absolute atomic E-state index is 0.226. The van der Waals surface area contributed by atoms with Crippen molar-refractivity contribution in [1.29, 1.82) is 0 Å². The molecule has 0 bridgehead atoms. The van der Waals surface area contributed by atoms with Gasteiger partial charge in [0.05, 0.1) is 12.2 Å². The second-order valence-corrected chi connectivity index (χ2v) is 6.40. The highest BCUT2D eigenvalue weighted by molar-refractivity contribution is 5.89. The van der Waals surface area contributed by atoms with Gasteiger partial charge >= 0.3 is 5.97 Å². The van der Waals surface area contributed by atoms with E-state index in [4.69, 9.17) is 4.74 Å². The first-order valence-electron chi connectivity index (χ1n) is 9.06. The molecular formula is C21H29NO2. The maximum Gasteiger partial charge on any atom is 0.338 e. The Morgan fingerprint density at radius 3 is 2.08 bits per heavy atom. The molecular weight excluding hydrogens is 298 g/mol. The van der Waals surface area contributed by atoms with Crippen molar-refractivity contribution in [2.24, 2.45) is 0 Å². The van der Waals surface area contributed by atoms with Crippen molar-refractivity contribution in [3.63, 3.8) is 0 Å². The number of ether oxygens (including phenoxy) is 1. The number of aromatic nitrogens is 1. The standard InChI is InChI=1S/C21H29NO2/c1-4-5-6-7-8-9-16-24-21(23)19-12-14-20(15-13-19)22-17(2)10-11-18(22)3/h10-15H,4-9,16H2,1-3H3. The molecule has 130 valence electrons. The summed E-state index contributed by atoms with van der Waals surface area (Å²) in [5, 5.41) is 0. The number of benzene rings is 1. The van der Waals surface area contributed by atoms with Gasteiger partial charge in [-0.2, -0.15) is 0 Å². The molecule has 0 atom stereocenters. The average molecular weight is 327 g/mol. The Labute approximate surface area is 145 Å². The summed E-state index contributed by atoms with van der Waals surface area (Å²) in [6.07, 6.45) is 7.16. The van der Waals surface area contributed by atoms with E-state index in [0.717, 1.165) is 18.5 Å². The molecule has 0 saturated carbocycles. The summed E-state index contributed by atoms with van der Waals surface area (Å²) in [5.41, 5.74) is 4.06. The highest BCUT2D eigenvalue weighted by atomic mass is 16.5. The van der Waals surface area contributed by atoms with Crippen LogP contribution >= 0.6 is 0 Å². The third-order valence-corrected chi connectivity index (χ3v) is 4.36. The number of unbranched alkanes of at least 4 members (excludes halogenated alkanes) is 5. The van der Waals surface area contributed by atoms with Gasteiger partial charge in [-0.3, -0.25) is 0 Å². The molecule has 0 spiro atoms. The SMILES string of the molecule is CCCCCCCCOC(=O)c1ccc(-n2c(C)ccc2C)cc1. The number of carbonyl (C=O) groups excluding carboxylic acids is 1. The molecule has 1 aromatic carbocycles. The second-order valence-electron chi connectivity index (χ2n) is 6.40. The molecule has 0 N–H and O–H groups in total.